The summed E-state index contributed by atoms with van der Waals surface area (Å²) in [7, 11) is 0. The molecule has 0 aromatic heterocycles. The molecule has 0 fully saturated rings. The summed E-state index contributed by atoms with van der Waals surface area (Å²) in [5, 5.41) is 12.8. The number of rotatable bonds is 6. The van der Waals surface area contributed by atoms with E-state index in [9.17, 15) is 5.11 Å². The zero-order chi connectivity index (χ0) is 16.9. The van der Waals surface area contributed by atoms with Gasteiger partial charge in [-0.3, -0.25) is 0 Å². The molecular formula is C20H27NO2. The fourth-order valence-electron chi connectivity index (χ4n) is 2.42. The molecule has 23 heavy (non-hydrogen) atoms. The maximum atomic E-state index is 9.26. The molecule has 0 saturated heterocycles. The third-order valence-corrected chi connectivity index (χ3v) is 3.62. The van der Waals surface area contributed by atoms with Crippen molar-refractivity contribution in [3.05, 3.63) is 65.2 Å². The maximum Gasteiger partial charge on any atom is 0.124 e. The number of aliphatic hydroxyl groups excluding tert-OH is 1. The molecule has 3 nitrogen and oxygen atoms in total. The summed E-state index contributed by atoms with van der Waals surface area (Å²) in [5.74, 6) is 0.920. The number of hydrogen-bond acceptors (Lipinski definition) is 3. The third-order valence-electron chi connectivity index (χ3n) is 3.62. The second-order valence-electron chi connectivity index (χ2n) is 6.83. The van der Waals surface area contributed by atoms with Gasteiger partial charge in [0.15, 0.2) is 0 Å². The van der Waals surface area contributed by atoms with E-state index in [1.165, 1.54) is 5.56 Å². The number of ether oxygens (including phenoxy) is 1. The Morgan fingerprint density at radius 1 is 1.09 bits per heavy atom. The number of aliphatic hydroxyl groups is 1. The van der Waals surface area contributed by atoms with Crippen LogP contribution in [0.1, 0.15) is 50.4 Å². The standard InChI is InChI=1S/C20H27NO2/c1-15(17-10-7-8-16(12-17)14-22)21-13-18-9-5-6-11-19(18)23-20(2,3)4/h5-12,15,21-22H,13-14H2,1-4H3. The lowest BCUT2D eigenvalue weighted by atomic mass is 10.0. The van der Waals surface area contributed by atoms with E-state index in [-0.39, 0.29) is 18.2 Å². The van der Waals surface area contributed by atoms with Crippen LogP contribution in [-0.4, -0.2) is 10.7 Å². The average Bonchev–Trinajstić information content (AvgIpc) is 2.52. The molecule has 0 radical (unpaired) electrons. The van der Waals surface area contributed by atoms with Gasteiger partial charge >= 0.3 is 0 Å². The first-order valence-electron chi connectivity index (χ1n) is 8.09. The van der Waals surface area contributed by atoms with Crippen molar-refractivity contribution < 1.29 is 9.84 Å². The molecular weight excluding hydrogens is 286 g/mol. The normalized spacial score (nSPS) is 12.9. The summed E-state index contributed by atoms with van der Waals surface area (Å²) in [6.45, 7) is 9.10. The van der Waals surface area contributed by atoms with Gasteiger partial charge in [-0.25, -0.2) is 0 Å². The van der Waals surface area contributed by atoms with E-state index in [2.05, 4.69) is 45.1 Å². The van der Waals surface area contributed by atoms with E-state index in [0.29, 0.717) is 0 Å². The average molecular weight is 313 g/mol. The van der Waals surface area contributed by atoms with Crippen molar-refractivity contribution in [2.45, 2.75) is 52.5 Å². The Hall–Kier alpha value is -1.84. The molecule has 3 heteroatoms. The van der Waals surface area contributed by atoms with Crippen LogP contribution in [0.25, 0.3) is 0 Å². The van der Waals surface area contributed by atoms with Gasteiger partial charge < -0.3 is 15.2 Å². The topological polar surface area (TPSA) is 41.5 Å². The summed E-state index contributed by atoms with van der Waals surface area (Å²) < 4.78 is 6.03. The predicted octanol–water partition coefficient (Wildman–Crippen LogP) is 4.21. The quantitative estimate of drug-likeness (QED) is 0.839. The Balaban J connectivity index is 2.05. The minimum Gasteiger partial charge on any atom is -0.488 e. The van der Waals surface area contributed by atoms with E-state index in [1.807, 2.05) is 36.4 Å². The molecule has 0 amide bonds. The van der Waals surface area contributed by atoms with Crippen molar-refractivity contribution in [3.8, 4) is 5.75 Å². The van der Waals surface area contributed by atoms with Crippen molar-refractivity contribution >= 4 is 0 Å². The number of benzene rings is 2. The van der Waals surface area contributed by atoms with Crippen molar-refractivity contribution in [3.63, 3.8) is 0 Å². The molecule has 2 aromatic carbocycles. The minimum atomic E-state index is -0.211. The van der Waals surface area contributed by atoms with Crippen LogP contribution in [0, 0.1) is 0 Å². The van der Waals surface area contributed by atoms with Crippen LogP contribution in [-0.2, 0) is 13.2 Å². The van der Waals surface area contributed by atoms with Gasteiger partial charge in [0, 0.05) is 18.2 Å². The Morgan fingerprint density at radius 2 is 1.83 bits per heavy atom. The Morgan fingerprint density at radius 3 is 2.52 bits per heavy atom. The van der Waals surface area contributed by atoms with Gasteiger partial charge in [-0.2, -0.15) is 0 Å². The van der Waals surface area contributed by atoms with Gasteiger partial charge in [-0.1, -0.05) is 42.5 Å². The lowest BCUT2D eigenvalue weighted by molar-refractivity contribution is 0.129. The van der Waals surface area contributed by atoms with Crippen LogP contribution >= 0.6 is 0 Å². The number of nitrogens with one attached hydrogen (secondary N) is 1. The first-order valence-corrected chi connectivity index (χ1v) is 8.09. The molecule has 0 aliphatic carbocycles. The van der Waals surface area contributed by atoms with Crippen molar-refractivity contribution in [2.24, 2.45) is 0 Å². The highest BCUT2D eigenvalue weighted by Crippen LogP contribution is 2.24. The molecule has 1 unspecified atom stereocenters. The smallest absolute Gasteiger partial charge is 0.124 e. The predicted molar refractivity (Wildman–Crippen MR) is 94.4 cm³/mol. The summed E-state index contributed by atoms with van der Waals surface area (Å²) in [6.07, 6.45) is 0. The second kappa shape index (κ2) is 7.62. The molecule has 0 heterocycles. The monoisotopic (exact) mass is 313 g/mol. The van der Waals surface area contributed by atoms with E-state index >= 15 is 0 Å². The summed E-state index contributed by atoms with van der Waals surface area (Å²) >= 11 is 0. The summed E-state index contributed by atoms with van der Waals surface area (Å²) in [4.78, 5) is 0. The highest BCUT2D eigenvalue weighted by molar-refractivity contribution is 5.34. The molecule has 2 rings (SSSR count). The van der Waals surface area contributed by atoms with Crippen molar-refractivity contribution in [1.82, 2.24) is 5.32 Å². The van der Waals surface area contributed by atoms with E-state index < -0.39 is 0 Å². The van der Waals surface area contributed by atoms with Gasteiger partial charge in [0.25, 0.3) is 0 Å². The van der Waals surface area contributed by atoms with Gasteiger partial charge in [0.1, 0.15) is 11.4 Å². The molecule has 0 saturated carbocycles. The lowest BCUT2D eigenvalue weighted by Crippen LogP contribution is -2.25. The third kappa shape index (κ3) is 5.38. The van der Waals surface area contributed by atoms with E-state index in [1.54, 1.807) is 0 Å². The fraction of sp³-hybridized carbons (Fsp3) is 0.400. The van der Waals surface area contributed by atoms with Crippen LogP contribution < -0.4 is 10.1 Å². The molecule has 2 aromatic rings. The van der Waals surface area contributed by atoms with Crippen LogP contribution in [0.15, 0.2) is 48.5 Å². The first-order chi connectivity index (χ1) is 10.9. The Bertz CT molecular complexity index is 632. The van der Waals surface area contributed by atoms with Crippen LogP contribution in [0.5, 0.6) is 5.75 Å². The largest absolute Gasteiger partial charge is 0.488 e. The Kier molecular flexibility index (Phi) is 5.80. The molecule has 0 bridgehead atoms. The first kappa shape index (κ1) is 17.5. The van der Waals surface area contributed by atoms with Gasteiger partial charge in [-0.05, 0) is 44.9 Å². The van der Waals surface area contributed by atoms with Gasteiger partial charge in [0.05, 0.1) is 6.61 Å². The van der Waals surface area contributed by atoms with Crippen molar-refractivity contribution in [2.75, 3.05) is 0 Å². The summed E-state index contributed by atoms with van der Waals surface area (Å²) in [6, 6.07) is 16.4. The van der Waals surface area contributed by atoms with Crippen LogP contribution in [0.2, 0.25) is 0 Å². The van der Waals surface area contributed by atoms with Crippen LogP contribution in [0.4, 0.5) is 0 Å². The fourth-order valence-corrected chi connectivity index (χ4v) is 2.42. The maximum absolute atomic E-state index is 9.26. The highest BCUT2D eigenvalue weighted by Gasteiger charge is 2.14. The zero-order valence-corrected chi connectivity index (χ0v) is 14.5. The number of hydrogen-bond donors (Lipinski definition) is 2. The van der Waals surface area contributed by atoms with Gasteiger partial charge in [0.2, 0.25) is 0 Å². The van der Waals surface area contributed by atoms with E-state index in [0.717, 1.165) is 23.4 Å². The molecule has 0 spiro atoms. The second-order valence-corrected chi connectivity index (χ2v) is 6.83. The Labute approximate surface area is 139 Å². The highest BCUT2D eigenvalue weighted by atomic mass is 16.5. The zero-order valence-electron chi connectivity index (χ0n) is 14.5. The molecule has 1 atom stereocenters. The SMILES string of the molecule is CC(NCc1ccccc1OC(C)(C)C)c1cccc(CO)c1. The van der Waals surface area contributed by atoms with Gasteiger partial charge in [-0.15, -0.1) is 0 Å². The van der Waals surface area contributed by atoms with Crippen LogP contribution in [0.3, 0.4) is 0 Å². The number of para-hydroxylation sites is 1. The minimum absolute atomic E-state index is 0.0722. The molecule has 2 N–H and O–H groups in total. The van der Waals surface area contributed by atoms with Crippen molar-refractivity contribution in [1.29, 1.82) is 0 Å². The lowest BCUT2D eigenvalue weighted by Gasteiger charge is -2.24. The molecule has 0 aliphatic rings. The summed E-state index contributed by atoms with van der Waals surface area (Å²) in [5.41, 5.74) is 3.04. The van der Waals surface area contributed by atoms with E-state index in [4.69, 9.17) is 4.74 Å². The molecule has 124 valence electrons. The molecule has 0 aliphatic heterocycles.